The number of amides is 1. The standard InChI is InChI=1S/C13H13N3O3.ClH/c1-8-4-3-5-11(14-8)16-12(17)9-6-7-10(15-9)13(18)19-2;/h3-7,15H,1-2H3,(H,14,16,17);1H. The largest absolute Gasteiger partial charge is 1.00 e. The van der Waals surface area contributed by atoms with Gasteiger partial charge in [-0.25, -0.2) is 19.9 Å². The molecular weight excluding hydrogens is 282 g/mol. The number of rotatable bonds is 3. The molecule has 1 amide bonds. The number of H-pyrrole nitrogens is 2. The zero-order valence-electron chi connectivity index (χ0n) is 11.0. The highest BCUT2D eigenvalue weighted by Gasteiger charge is 2.17. The molecule has 0 unspecified atom stereocenters. The van der Waals surface area contributed by atoms with Crippen molar-refractivity contribution in [3.63, 3.8) is 0 Å². The van der Waals surface area contributed by atoms with Crippen molar-refractivity contribution in [3.8, 4) is 0 Å². The van der Waals surface area contributed by atoms with Gasteiger partial charge in [0.25, 0.3) is 5.82 Å². The van der Waals surface area contributed by atoms with Gasteiger partial charge in [-0.3, -0.25) is 0 Å². The Morgan fingerprint density at radius 2 is 1.90 bits per heavy atom. The Morgan fingerprint density at radius 3 is 2.55 bits per heavy atom. The number of hydrogen-bond donors (Lipinski definition) is 2. The third-order valence-electron chi connectivity index (χ3n) is 2.53. The number of hydrogen-bond acceptors (Lipinski definition) is 3. The number of carbonyl (C=O) groups excluding carboxylic acids is 2. The second-order valence-corrected chi connectivity index (χ2v) is 3.98. The second-order valence-electron chi connectivity index (χ2n) is 3.98. The lowest BCUT2D eigenvalue weighted by molar-refractivity contribution is -0.370. The molecule has 6 nitrogen and oxygen atoms in total. The molecule has 106 valence electrons. The number of esters is 1. The van der Waals surface area contributed by atoms with Crippen LogP contribution in [0.2, 0.25) is 0 Å². The first kappa shape index (κ1) is 15.7. The molecule has 0 aliphatic heterocycles. The summed E-state index contributed by atoms with van der Waals surface area (Å²) < 4.78 is 4.56. The zero-order valence-corrected chi connectivity index (χ0v) is 11.7. The Kier molecular flexibility index (Phi) is 5.28. The summed E-state index contributed by atoms with van der Waals surface area (Å²) >= 11 is 0. The van der Waals surface area contributed by atoms with Crippen LogP contribution in [-0.2, 0) is 4.74 Å². The predicted octanol–water partition coefficient (Wildman–Crippen LogP) is -1.82. The minimum absolute atomic E-state index is 0. The Hall–Kier alpha value is -2.34. The maximum atomic E-state index is 11.9. The molecule has 0 aliphatic carbocycles. The van der Waals surface area contributed by atoms with Gasteiger partial charge >= 0.3 is 11.9 Å². The molecule has 3 N–H and O–H groups in total. The van der Waals surface area contributed by atoms with E-state index in [-0.39, 0.29) is 29.7 Å². The van der Waals surface area contributed by atoms with E-state index in [2.05, 4.69) is 20.0 Å². The molecule has 0 aromatic carbocycles. The number of carbonyl (C=O) groups is 2. The first-order chi connectivity index (χ1) is 9.10. The summed E-state index contributed by atoms with van der Waals surface area (Å²) in [7, 11) is 1.28. The Bertz CT molecular complexity index is 625. The van der Waals surface area contributed by atoms with Crippen LogP contribution in [0.25, 0.3) is 0 Å². The van der Waals surface area contributed by atoms with E-state index in [1.807, 2.05) is 19.1 Å². The van der Waals surface area contributed by atoms with Crippen LogP contribution in [0.4, 0.5) is 5.82 Å². The molecule has 2 rings (SSSR count). The summed E-state index contributed by atoms with van der Waals surface area (Å²) in [5.74, 6) is -0.266. The van der Waals surface area contributed by atoms with Gasteiger partial charge in [0.1, 0.15) is 11.4 Å². The molecule has 0 radical (unpaired) electrons. The van der Waals surface area contributed by atoms with Gasteiger partial charge in [-0.2, -0.15) is 0 Å². The Balaban J connectivity index is 0.00000200. The maximum absolute atomic E-state index is 11.9. The molecule has 0 saturated carbocycles. The van der Waals surface area contributed by atoms with E-state index in [1.165, 1.54) is 19.2 Å². The van der Waals surface area contributed by atoms with Crippen molar-refractivity contribution in [1.29, 1.82) is 0 Å². The van der Waals surface area contributed by atoms with E-state index < -0.39 is 5.97 Å². The van der Waals surface area contributed by atoms with Gasteiger partial charge in [0.2, 0.25) is 0 Å². The quantitative estimate of drug-likeness (QED) is 0.654. The van der Waals surface area contributed by atoms with Crippen LogP contribution in [0.5, 0.6) is 0 Å². The molecule has 2 aromatic rings. The van der Waals surface area contributed by atoms with Crippen LogP contribution in [0.1, 0.15) is 26.7 Å². The van der Waals surface area contributed by atoms with Crippen LogP contribution < -0.4 is 22.7 Å². The normalized spacial score (nSPS) is 9.50. The molecule has 7 heteroatoms. The van der Waals surface area contributed by atoms with Crippen LogP contribution >= 0.6 is 0 Å². The minimum atomic E-state index is -0.513. The summed E-state index contributed by atoms with van der Waals surface area (Å²) in [4.78, 5) is 28.9. The number of aromatic nitrogens is 2. The highest BCUT2D eigenvalue weighted by Crippen LogP contribution is 2.06. The lowest BCUT2D eigenvalue weighted by Gasteiger charge is -1.97. The van der Waals surface area contributed by atoms with Crippen molar-refractivity contribution in [1.82, 2.24) is 4.98 Å². The van der Waals surface area contributed by atoms with E-state index in [0.717, 1.165) is 5.69 Å². The van der Waals surface area contributed by atoms with Gasteiger partial charge < -0.3 is 22.1 Å². The number of anilines is 1. The Labute approximate surface area is 122 Å². The van der Waals surface area contributed by atoms with Gasteiger partial charge in [-0.15, -0.1) is 0 Å². The van der Waals surface area contributed by atoms with Gasteiger partial charge in [-0.1, -0.05) is 6.07 Å². The first-order valence-electron chi connectivity index (χ1n) is 5.68. The van der Waals surface area contributed by atoms with Crippen LogP contribution in [0, 0.1) is 6.92 Å². The molecule has 0 atom stereocenters. The van der Waals surface area contributed by atoms with Crippen molar-refractivity contribution in [2.45, 2.75) is 6.92 Å². The Morgan fingerprint density at radius 1 is 1.20 bits per heavy atom. The highest BCUT2D eigenvalue weighted by atomic mass is 35.5. The number of methoxy groups -OCH3 is 1. The van der Waals surface area contributed by atoms with Crippen molar-refractivity contribution >= 4 is 17.7 Å². The van der Waals surface area contributed by atoms with E-state index >= 15 is 0 Å². The van der Waals surface area contributed by atoms with Gasteiger partial charge in [0, 0.05) is 6.07 Å². The van der Waals surface area contributed by atoms with E-state index in [1.54, 1.807) is 6.07 Å². The minimum Gasteiger partial charge on any atom is -1.00 e. The van der Waals surface area contributed by atoms with Crippen LogP contribution in [0.3, 0.4) is 0 Å². The zero-order chi connectivity index (χ0) is 13.8. The molecule has 20 heavy (non-hydrogen) atoms. The number of aryl methyl sites for hydroxylation is 1. The summed E-state index contributed by atoms with van der Waals surface area (Å²) in [6, 6.07) is 8.49. The highest BCUT2D eigenvalue weighted by molar-refractivity contribution is 6.03. The molecule has 0 bridgehead atoms. The average molecular weight is 296 g/mol. The smallest absolute Gasteiger partial charge is 0.355 e. The summed E-state index contributed by atoms with van der Waals surface area (Å²) in [5.41, 5.74) is 1.45. The number of halogens is 1. The molecule has 0 saturated heterocycles. The fourth-order valence-electron chi connectivity index (χ4n) is 1.60. The second kappa shape index (κ2) is 6.72. The van der Waals surface area contributed by atoms with Crippen molar-refractivity contribution < 1.29 is 31.7 Å². The fourth-order valence-corrected chi connectivity index (χ4v) is 1.60. The summed E-state index contributed by atoms with van der Waals surface area (Å²) in [6.45, 7) is 1.89. The fraction of sp³-hybridized carbons (Fsp3) is 0.154. The molecule has 0 spiro atoms. The molecule has 2 aromatic heterocycles. The predicted molar refractivity (Wildman–Crippen MR) is 67.8 cm³/mol. The molecule has 0 aliphatic rings. The van der Waals surface area contributed by atoms with Crippen LogP contribution in [-0.4, -0.2) is 24.0 Å². The summed E-state index contributed by atoms with van der Waals surface area (Å²) in [6.07, 6.45) is 0. The first-order valence-corrected chi connectivity index (χ1v) is 5.68. The topological polar surface area (TPSA) is 85.3 Å². The van der Waals surface area contributed by atoms with E-state index in [9.17, 15) is 9.59 Å². The van der Waals surface area contributed by atoms with Crippen LogP contribution in [0.15, 0.2) is 30.3 Å². The molecule has 0 fully saturated rings. The number of aromatic amines is 2. The molecular formula is C13H14ClN3O3. The number of nitrogens with one attached hydrogen (secondary N) is 3. The van der Waals surface area contributed by atoms with Crippen molar-refractivity contribution in [3.05, 3.63) is 47.4 Å². The van der Waals surface area contributed by atoms with Gasteiger partial charge in [0.15, 0.2) is 0 Å². The van der Waals surface area contributed by atoms with E-state index in [4.69, 9.17) is 0 Å². The van der Waals surface area contributed by atoms with E-state index in [0.29, 0.717) is 5.82 Å². The van der Waals surface area contributed by atoms with Gasteiger partial charge in [-0.05, 0) is 25.1 Å². The van der Waals surface area contributed by atoms with Gasteiger partial charge in [0.05, 0.1) is 12.8 Å². The molecule has 2 heterocycles. The third-order valence-corrected chi connectivity index (χ3v) is 2.53. The van der Waals surface area contributed by atoms with Crippen molar-refractivity contribution in [2.24, 2.45) is 0 Å². The van der Waals surface area contributed by atoms with Crippen molar-refractivity contribution in [2.75, 3.05) is 12.4 Å². The average Bonchev–Trinajstić information content (AvgIpc) is 2.87. The lowest BCUT2D eigenvalue weighted by Crippen LogP contribution is -3.00. The number of ether oxygens (including phenoxy) is 1. The summed E-state index contributed by atoms with van der Waals surface area (Å²) in [5, 5.41) is 2.69. The maximum Gasteiger partial charge on any atom is 0.355 e. The third kappa shape index (κ3) is 3.58. The SMILES string of the molecule is COC(=O)c1ccc(C(=O)Nc2cccc(C)[nH+]2)[nH]1.[Cl-]. The number of pyridine rings is 1. The monoisotopic (exact) mass is 295 g/mol. The lowest BCUT2D eigenvalue weighted by atomic mass is 10.3.